The molecule has 0 aromatic carbocycles. The molecule has 5 heteroatoms. The minimum atomic E-state index is -0.506. The third-order valence-electron chi connectivity index (χ3n) is 2.56. The summed E-state index contributed by atoms with van der Waals surface area (Å²) in [4.78, 5) is 25.2. The van der Waals surface area contributed by atoms with Crippen LogP contribution >= 0.6 is 15.9 Å². The van der Waals surface area contributed by atoms with Crippen LogP contribution in [0.5, 0.6) is 0 Å². The zero-order valence-corrected chi connectivity index (χ0v) is 12.4. The molecular formula is C12H20BrNO3. The third kappa shape index (κ3) is 3.98. The normalized spacial score (nSPS) is 22.4. The van der Waals surface area contributed by atoms with E-state index in [2.05, 4.69) is 15.9 Å². The van der Waals surface area contributed by atoms with Gasteiger partial charge >= 0.3 is 5.97 Å². The van der Waals surface area contributed by atoms with Gasteiger partial charge in [0.25, 0.3) is 0 Å². The average Bonchev–Trinajstić information content (AvgIpc) is 2.61. The molecule has 0 spiro atoms. The van der Waals surface area contributed by atoms with E-state index in [9.17, 15) is 9.59 Å². The highest BCUT2D eigenvalue weighted by Gasteiger charge is 2.37. The first-order valence-electron chi connectivity index (χ1n) is 5.90. The highest BCUT2D eigenvalue weighted by molar-refractivity contribution is 9.10. The van der Waals surface area contributed by atoms with Crippen molar-refractivity contribution in [3.05, 3.63) is 0 Å². The summed E-state index contributed by atoms with van der Waals surface area (Å²) >= 11 is 3.24. The van der Waals surface area contributed by atoms with Crippen LogP contribution in [-0.2, 0) is 14.3 Å². The summed E-state index contributed by atoms with van der Waals surface area (Å²) in [5.41, 5.74) is -0.506. The molecule has 0 N–H and O–H groups in total. The number of hydrogen-bond donors (Lipinski definition) is 0. The molecule has 2 atom stereocenters. The first-order valence-corrected chi connectivity index (χ1v) is 6.81. The fourth-order valence-electron chi connectivity index (χ4n) is 1.87. The molecular weight excluding hydrogens is 286 g/mol. The Morgan fingerprint density at radius 3 is 2.47 bits per heavy atom. The lowest BCUT2D eigenvalue weighted by molar-refractivity contribution is -0.163. The van der Waals surface area contributed by atoms with Crippen molar-refractivity contribution in [2.45, 2.75) is 57.0 Å². The minimum absolute atomic E-state index is 0.0432. The second-order valence-corrected chi connectivity index (χ2v) is 6.71. The van der Waals surface area contributed by atoms with Crippen LogP contribution in [0.1, 0.15) is 40.5 Å². The summed E-state index contributed by atoms with van der Waals surface area (Å²) in [5.74, 6) is -0.338. The van der Waals surface area contributed by atoms with Crippen molar-refractivity contribution < 1.29 is 14.3 Å². The lowest BCUT2D eigenvalue weighted by Crippen LogP contribution is -2.45. The molecule has 0 aromatic rings. The standard InChI is InChI=1S/C12H20BrNO3/c1-8(13)10(15)14-7-5-6-9(14)11(16)17-12(2,3)4/h8-9H,5-7H2,1-4H3/t8?,9-/m0/s1. The number of rotatable bonds is 2. The van der Waals surface area contributed by atoms with Gasteiger partial charge in [0.1, 0.15) is 11.6 Å². The van der Waals surface area contributed by atoms with Crippen LogP contribution in [-0.4, -0.2) is 39.8 Å². The van der Waals surface area contributed by atoms with Gasteiger partial charge in [-0.25, -0.2) is 4.79 Å². The van der Waals surface area contributed by atoms with Crippen molar-refractivity contribution >= 4 is 27.8 Å². The monoisotopic (exact) mass is 305 g/mol. The largest absolute Gasteiger partial charge is 0.458 e. The van der Waals surface area contributed by atoms with Crippen molar-refractivity contribution in [2.24, 2.45) is 0 Å². The van der Waals surface area contributed by atoms with E-state index in [0.29, 0.717) is 13.0 Å². The summed E-state index contributed by atoms with van der Waals surface area (Å²) in [7, 11) is 0. The summed E-state index contributed by atoms with van der Waals surface area (Å²) in [5, 5.41) is 0. The number of nitrogens with zero attached hydrogens (tertiary/aromatic N) is 1. The first-order chi connectivity index (χ1) is 7.72. The Balaban J connectivity index is 2.70. The molecule has 1 amide bonds. The molecule has 17 heavy (non-hydrogen) atoms. The van der Waals surface area contributed by atoms with Gasteiger partial charge in [-0.2, -0.15) is 0 Å². The minimum Gasteiger partial charge on any atom is -0.458 e. The molecule has 0 radical (unpaired) electrons. The zero-order chi connectivity index (χ0) is 13.2. The van der Waals surface area contributed by atoms with Crippen molar-refractivity contribution in [1.82, 2.24) is 4.90 Å². The fourth-order valence-corrected chi connectivity index (χ4v) is 2.14. The molecule has 1 fully saturated rings. The molecule has 1 aliphatic rings. The van der Waals surface area contributed by atoms with Gasteiger partial charge in [0.15, 0.2) is 0 Å². The van der Waals surface area contributed by atoms with Crippen molar-refractivity contribution in [1.29, 1.82) is 0 Å². The van der Waals surface area contributed by atoms with Gasteiger partial charge in [-0.05, 0) is 40.5 Å². The summed E-state index contributed by atoms with van der Waals surface area (Å²) in [6, 6.07) is -0.415. The Kier molecular flexibility index (Phi) is 4.58. The predicted molar refractivity (Wildman–Crippen MR) is 69.0 cm³/mol. The number of amides is 1. The lowest BCUT2D eigenvalue weighted by atomic mass is 10.1. The average molecular weight is 306 g/mol. The van der Waals surface area contributed by atoms with E-state index in [0.717, 1.165) is 6.42 Å². The van der Waals surface area contributed by atoms with Crippen LogP contribution in [0.25, 0.3) is 0 Å². The number of halogens is 1. The Bertz CT molecular complexity index is 309. The quantitative estimate of drug-likeness (QED) is 0.580. The van der Waals surface area contributed by atoms with Gasteiger partial charge in [-0.15, -0.1) is 0 Å². The predicted octanol–water partition coefficient (Wildman–Crippen LogP) is 2.10. The molecule has 1 rings (SSSR count). The van der Waals surface area contributed by atoms with Crippen LogP contribution in [0.2, 0.25) is 0 Å². The zero-order valence-electron chi connectivity index (χ0n) is 10.8. The number of alkyl halides is 1. The maximum Gasteiger partial charge on any atom is 0.329 e. The second-order valence-electron chi connectivity index (χ2n) is 5.34. The van der Waals surface area contributed by atoms with Gasteiger partial charge in [-0.1, -0.05) is 15.9 Å². The van der Waals surface area contributed by atoms with E-state index in [1.807, 2.05) is 20.8 Å². The number of likely N-dealkylation sites (tertiary alicyclic amines) is 1. The van der Waals surface area contributed by atoms with Gasteiger partial charge in [0.05, 0.1) is 4.83 Å². The smallest absolute Gasteiger partial charge is 0.329 e. The van der Waals surface area contributed by atoms with Crippen LogP contribution < -0.4 is 0 Å². The van der Waals surface area contributed by atoms with Crippen molar-refractivity contribution in [3.63, 3.8) is 0 Å². The van der Waals surface area contributed by atoms with E-state index in [1.54, 1.807) is 11.8 Å². The third-order valence-corrected chi connectivity index (χ3v) is 2.95. The number of carbonyl (C=O) groups is 2. The summed E-state index contributed by atoms with van der Waals surface area (Å²) in [6.07, 6.45) is 1.55. The molecule has 1 saturated heterocycles. The molecule has 1 unspecified atom stereocenters. The van der Waals surface area contributed by atoms with Crippen LogP contribution in [0.4, 0.5) is 0 Å². The number of carbonyl (C=O) groups excluding carboxylic acids is 2. The van der Waals surface area contributed by atoms with E-state index in [1.165, 1.54) is 0 Å². The van der Waals surface area contributed by atoms with Gasteiger partial charge in [-0.3, -0.25) is 4.79 Å². The lowest BCUT2D eigenvalue weighted by Gasteiger charge is -2.28. The van der Waals surface area contributed by atoms with Gasteiger partial charge in [0, 0.05) is 6.54 Å². The molecule has 1 aliphatic heterocycles. The highest BCUT2D eigenvalue weighted by atomic mass is 79.9. The highest BCUT2D eigenvalue weighted by Crippen LogP contribution is 2.23. The van der Waals surface area contributed by atoms with E-state index in [-0.39, 0.29) is 16.7 Å². The Hall–Kier alpha value is -0.580. The van der Waals surface area contributed by atoms with E-state index < -0.39 is 11.6 Å². The topological polar surface area (TPSA) is 46.6 Å². The van der Waals surface area contributed by atoms with Crippen LogP contribution in [0.15, 0.2) is 0 Å². The molecule has 0 aromatic heterocycles. The Morgan fingerprint density at radius 1 is 1.41 bits per heavy atom. The number of hydrogen-bond acceptors (Lipinski definition) is 3. The molecule has 0 bridgehead atoms. The van der Waals surface area contributed by atoms with Crippen molar-refractivity contribution in [2.75, 3.05) is 6.54 Å². The number of esters is 1. The molecule has 4 nitrogen and oxygen atoms in total. The van der Waals surface area contributed by atoms with Crippen molar-refractivity contribution in [3.8, 4) is 0 Å². The summed E-state index contributed by atoms with van der Waals surface area (Å²) in [6.45, 7) is 7.91. The van der Waals surface area contributed by atoms with E-state index in [4.69, 9.17) is 4.74 Å². The number of ether oxygens (including phenoxy) is 1. The summed E-state index contributed by atoms with van der Waals surface area (Å²) < 4.78 is 5.33. The fraction of sp³-hybridized carbons (Fsp3) is 0.833. The SMILES string of the molecule is CC(Br)C(=O)N1CCC[C@H]1C(=O)OC(C)(C)C. The Morgan fingerprint density at radius 2 is 2.00 bits per heavy atom. The van der Waals surface area contributed by atoms with Gasteiger partial charge in [0.2, 0.25) is 5.91 Å². The van der Waals surface area contributed by atoms with Crippen LogP contribution in [0.3, 0.4) is 0 Å². The molecule has 0 aliphatic carbocycles. The molecule has 98 valence electrons. The maximum absolute atomic E-state index is 12.0. The van der Waals surface area contributed by atoms with Gasteiger partial charge < -0.3 is 9.64 Å². The van der Waals surface area contributed by atoms with E-state index >= 15 is 0 Å². The Labute approximate surface area is 111 Å². The molecule has 1 heterocycles. The molecule has 0 saturated carbocycles. The maximum atomic E-state index is 12.0. The van der Waals surface area contributed by atoms with Crippen LogP contribution in [0, 0.1) is 0 Å². The second kappa shape index (κ2) is 5.38. The first kappa shape index (κ1) is 14.5.